The monoisotopic (exact) mass is 461 g/mol. The van der Waals surface area contributed by atoms with Crippen LogP contribution in [0.5, 0.6) is 0 Å². The zero-order valence-electron chi connectivity index (χ0n) is 16.9. The van der Waals surface area contributed by atoms with Crippen molar-refractivity contribution >= 4 is 38.9 Å². The summed E-state index contributed by atoms with van der Waals surface area (Å²) in [6.45, 7) is 0.367. The summed E-state index contributed by atoms with van der Waals surface area (Å²) in [5, 5.41) is 2.54. The molecule has 0 aliphatic heterocycles. The number of halogens is 2. The van der Waals surface area contributed by atoms with Crippen LogP contribution in [-0.2, 0) is 16.6 Å². The van der Waals surface area contributed by atoms with Crippen LogP contribution in [0.1, 0.15) is 15.9 Å². The molecule has 0 saturated heterocycles. The van der Waals surface area contributed by atoms with Gasteiger partial charge in [0.1, 0.15) is 5.82 Å². The summed E-state index contributed by atoms with van der Waals surface area (Å²) in [6.07, 6.45) is 0. The molecule has 162 valence electrons. The Kier molecular flexibility index (Phi) is 6.82. The standard InChI is InChI=1S/C22H21ClFN3O3S/c1-27(2)18-9-3-15(4-10-18)14-25-22(28)16-5-7-17(8-6-16)26-31(29,30)19-11-12-21(24)20(23)13-19/h3-13,26H,14H2,1-2H3,(H,25,28). The van der Waals surface area contributed by atoms with Crippen molar-refractivity contribution in [2.45, 2.75) is 11.4 Å². The van der Waals surface area contributed by atoms with Crippen molar-refractivity contribution in [1.29, 1.82) is 0 Å². The number of nitrogens with zero attached hydrogens (tertiary/aromatic N) is 1. The van der Waals surface area contributed by atoms with Gasteiger partial charge in [-0.05, 0) is 60.2 Å². The smallest absolute Gasteiger partial charge is 0.261 e. The molecule has 9 heteroatoms. The normalized spacial score (nSPS) is 11.1. The number of carbonyl (C=O) groups excluding carboxylic acids is 1. The van der Waals surface area contributed by atoms with Crippen molar-refractivity contribution in [1.82, 2.24) is 5.32 Å². The average molecular weight is 462 g/mol. The Hall–Kier alpha value is -3.10. The zero-order valence-corrected chi connectivity index (χ0v) is 18.5. The molecule has 31 heavy (non-hydrogen) atoms. The van der Waals surface area contributed by atoms with Crippen LogP contribution in [0.4, 0.5) is 15.8 Å². The highest BCUT2D eigenvalue weighted by molar-refractivity contribution is 7.92. The first kappa shape index (κ1) is 22.6. The number of carbonyl (C=O) groups is 1. The van der Waals surface area contributed by atoms with E-state index < -0.39 is 15.8 Å². The number of amides is 1. The summed E-state index contributed by atoms with van der Waals surface area (Å²) in [5.41, 5.74) is 2.67. The molecular formula is C22H21ClFN3O3S. The summed E-state index contributed by atoms with van der Waals surface area (Å²) in [7, 11) is -0.0394. The van der Waals surface area contributed by atoms with Crippen LogP contribution < -0.4 is 14.9 Å². The quantitative estimate of drug-likeness (QED) is 0.550. The number of rotatable bonds is 7. The summed E-state index contributed by atoms with van der Waals surface area (Å²) < 4.78 is 40.5. The van der Waals surface area contributed by atoms with Crippen molar-refractivity contribution in [2.75, 3.05) is 23.7 Å². The second kappa shape index (κ2) is 9.36. The lowest BCUT2D eigenvalue weighted by molar-refractivity contribution is 0.0951. The number of sulfonamides is 1. The Bertz CT molecular complexity index is 1180. The summed E-state index contributed by atoms with van der Waals surface area (Å²) in [6, 6.07) is 16.9. The summed E-state index contributed by atoms with van der Waals surface area (Å²) >= 11 is 5.66. The summed E-state index contributed by atoms with van der Waals surface area (Å²) in [4.78, 5) is 14.2. The van der Waals surface area contributed by atoms with E-state index in [0.29, 0.717) is 12.1 Å². The van der Waals surface area contributed by atoms with Crippen molar-refractivity contribution in [3.8, 4) is 0 Å². The number of hydrogen-bond donors (Lipinski definition) is 2. The van der Waals surface area contributed by atoms with Gasteiger partial charge in [0.05, 0.1) is 9.92 Å². The molecule has 0 aliphatic rings. The zero-order chi connectivity index (χ0) is 22.6. The van der Waals surface area contributed by atoms with Crippen LogP contribution in [-0.4, -0.2) is 28.4 Å². The second-order valence-corrected chi connectivity index (χ2v) is 9.09. The van der Waals surface area contributed by atoms with Gasteiger partial charge in [-0.25, -0.2) is 12.8 Å². The highest BCUT2D eigenvalue weighted by Crippen LogP contribution is 2.22. The van der Waals surface area contributed by atoms with E-state index in [1.807, 2.05) is 43.3 Å². The predicted molar refractivity (Wildman–Crippen MR) is 121 cm³/mol. The lowest BCUT2D eigenvalue weighted by Crippen LogP contribution is -2.22. The lowest BCUT2D eigenvalue weighted by Gasteiger charge is -2.13. The SMILES string of the molecule is CN(C)c1ccc(CNC(=O)c2ccc(NS(=O)(=O)c3ccc(F)c(Cl)c3)cc2)cc1. The molecule has 0 spiro atoms. The molecule has 0 heterocycles. The Balaban J connectivity index is 1.62. The maximum absolute atomic E-state index is 13.3. The molecule has 0 atom stereocenters. The maximum atomic E-state index is 13.3. The van der Waals surface area contributed by atoms with Crippen LogP contribution in [0.2, 0.25) is 5.02 Å². The average Bonchev–Trinajstić information content (AvgIpc) is 2.74. The van der Waals surface area contributed by atoms with Gasteiger partial charge >= 0.3 is 0 Å². The number of benzene rings is 3. The molecule has 0 aliphatic carbocycles. The minimum atomic E-state index is -3.95. The molecule has 0 saturated carbocycles. The first-order chi connectivity index (χ1) is 14.7. The Morgan fingerprint density at radius 1 is 1.00 bits per heavy atom. The van der Waals surface area contributed by atoms with Crippen molar-refractivity contribution in [2.24, 2.45) is 0 Å². The molecule has 1 amide bonds. The predicted octanol–water partition coefficient (Wildman–Crippen LogP) is 4.28. The minimum Gasteiger partial charge on any atom is -0.378 e. The van der Waals surface area contributed by atoms with Gasteiger partial charge in [0.15, 0.2) is 0 Å². The van der Waals surface area contributed by atoms with E-state index in [9.17, 15) is 17.6 Å². The van der Waals surface area contributed by atoms with Gasteiger partial charge in [-0.2, -0.15) is 0 Å². The second-order valence-electron chi connectivity index (χ2n) is 7.00. The molecular weight excluding hydrogens is 441 g/mol. The minimum absolute atomic E-state index is 0.166. The Labute approximate surface area is 185 Å². The molecule has 6 nitrogen and oxygen atoms in total. The summed E-state index contributed by atoms with van der Waals surface area (Å²) in [5.74, 6) is -0.985. The highest BCUT2D eigenvalue weighted by Gasteiger charge is 2.16. The van der Waals surface area contributed by atoms with Gasteiger partial charge < -0.3 is 10.2 Å². The maximum Gasteiger partial charge on any atom is 0.261 e. The van der Waals surface area contributed by atoms with E-state index >= 15 is 0 Å². The Morgan fingerprint density at radius 3 is 2.23 bits per heavy atom. The number of nitrogens with one attached hydrogen (secondary N) is 2. The molecule has 0 bridgehead atoms. The molecule has 3 aromatic carbocycles. The molecule has 0 fully saturated rings. The Morgan fingerprint density at radius 2 is 1.65 bits per heavy atom. The number of hydrogen-bond acceptors (Lipinski definition) is 4. The fourth-order valence-electron chi connectivity index (χ4n) is 2.74. The van der Waals surface area contributed by atoms with E-state index in [0.717, 1.165) is 29.4 Å². The molecule has 0 radical (unpaired) electrons. The third-order valence-electron chi connectivity index (χ3n) is 4.51. The van der Waals surface area contributed by atoms with Gasteiger partial charge in [-0.3, -0.25) is 9.52 Å². The molecule has 2 N–H and O–H groups in total. The topological polar surface area (TPSA) is 78.5 Å². The third-order valence-corrected chi connectivity index (χ3v) is 6.18. The van der Waals surface area contributed by atoms with Gasteiger partial charge in [0.2, 0.25) is 0 Å². The number of anilines is 2. The fraction of sp³-hybridized carbons (Fsp3) is 0.136. The molecule has 3 aromatic rings. The van der Waals surface area contributed by atoms with Crippen LogP contribution in [0.25, 0.3) is 0 Å². The van der Waals surface area contributed by atoms with E-state index in [2.05, 4.69) is 10.0 Å². The van der Waals surface area contributed by atoms with E-state index in [4.69, 9.17) is 11.6 Å². The third kappa shape index (κ3) is 5.74. The molecule has 3 rings (SSSR count). The van der Waals surface area contributed by atoms with Gasteiger partial charge in [-0.15, -0.1) is 0 Å². The van der Waals surface area contributed by atoms with Crippen LogP contribution in [0, 0.1) is 5.82 Å². The van der Waals surface area contributed by atoms with Crippen molar-refractivity contribution in [3.05, 3.63) is 88.7 Å². The molecule has 0 aromatic heterocycles. The van der Waals surface area contributed by atoms with Crippen molar-refractivity contribution < 1.29 is 17.6 Å². The van der Waals surface area contributed by atoms with E-state index in [-0.39, 0.29) is 21.5 Å². The van der Waals surface area contributed by atoms with E-state index in [1.54, 1.807) is 0 Å². The van der Waals surface area contributed by atoms with Gasteiger partial charge in [-0.1, -0.05) is 23.7 Å². The first-order valence-corrected chi connectivity index (χ1v) is 11.1. The largest absolute Gasteiger partial charge is 0.378 e. The van der Waals surface area contributed by atoms with Crippen LogP contribution in [0.3, 0.4) is 0 Å². The van der Waals surface area contributed by atoms with Gasteiger partial charge in [0, 0.05) is 37.6 Å². The van der Waals surface area contributed by atoms with Crippen LogP contribution in [0.15, 0.2) is 71.6 Å². The fourth-order valence-corrected chi connectivity index (χ4v) is 4.07. The molecule has 0 unspecified atom stereocenters. The first-order valence-electron chi connectivity index (χ1n) is 9.28. The van der Waals surface area contributed by atoms with Crippen LogP contribution >= 0.6 is 11.6 Å². The van der Waals surface area contributed by atoms with Gasteiger partial charge in [0.25, 0.3) is 15.9 Å². The highest BCUT2D eigenvalue weighted by atomic mass is 35.5. The lowest BCUT2D eigenvalue weighted by atomic mass is 10.1. The van der Waals surface area contributed by atoms with E-state index in [1.165, 1.54) is 24.3 Å². The van der Waals surface area contributed by atoms with Crippen molar-refractivity contribution in [3.63, 3.8) is 0 Å².